The lowest BCUT2D eigenvalue weighted by molar-refractivity contribution is 0.627. The molecule has 0 unspecified atom stereocenters. The van der Waals surface area contributed by atoms with Gasteiger partial charge in [-0.1, -0.05) is 23.9 Å². The molecule has 0 bridgehead atoms. The highest BCUT2D eigenvalue weighted by molar-refractivity contribution is 8.00. The second-order valence-electron chi connectivity index (χ2n) is 4.75. The number of rotatable bonds is 8. The first-order valence-corrected chi connectivity index (χ1v) is 9.43. The molecular weight excluding hydrogens is 331 g/mol. The predicted molar refractivity (Wildman–Crippen MR) is 96.7 cm³/mol. The third kappa shape index (κ3) is 7.00. The average molecular weight is 353 g/mol. The van der Waals surface area contributed by atoms with E-state index >= 15 is 0 Å². The Hall–Kier alpha value is -1.60. The first-order chi connectivity index (χ1) is 11.3. The monoisotopic (exact) mass is 352 g/mol. The van der Waals surface area contributed by atoms with Crippen LogP contribution in [0.3, 0.4) is 0 Å². The van der Waals surface area contributed by atoms with Crippen LogP contribution in [0.4, 0.5) is 4.39 Å². The Kier molecular flexibility index (Phi) is 7.89. The van der Waals surface area contributed by atoms with Gasteiger partial charge in [0.15, 0.2) is 5.96 Å². The average Bonchev–Trinajstić information content (AvgIpc) is 3.07. The molecule has 0 spiro atoms. The summed E-state index contributed by atoms with van der Waals surface area (Å²) in [6.45, 7) is 4.23. The van der Waals surface area contributed by atoms with Gasteiger partial charge < -0.3 is 10.6 Å². The zero-order valence-electron chi connectivity index (χ0n) is 13.1. The van der Waals surface area contributed by atoms with Crippen LogP contribution < -0.4 is 10.6 Å². The number of benzene rings is 1. The number of nitrogens with zero attached hydrogens (tertiary/aromatic N) is 2. The standard InChI is InChI=1S/C16H21FN4S2/c1-2-18-15(21-12-13-4-6-14(17)7-5-13)19-8-3-10-22-16-20-9-11-23-16/h4-7,9,11H,2-3,8,10,12H2,1H3,(H2,18,19,21). The molecule has 4 nitrogen and oxygen atoms in total. The second-order valence-corrected chi connectivity index (χ2v) is 6.99. The highest BCUT2D eigenvalue weighted by Gasteiger charge is 1.99. The molecule has 7 heteroatoms. The summed E-state index contributed by atoms with van der Waals surface area (Å²) in [6, 6.07) is 6.43. The Morgan fingerprint density at radius 2 is 2.13 bits per heavy atom. The highest BCUT2D eigenvalue weighted by Crippen LogP contribution is 2.20. The fraction of sp³-hybridized carbons (Fsp3) is 0.375. The maximum absolute atomic E-state index is 12.9. The fourth-order valence-corrected chi connectivity index (χ4v) is 3.47. The van der Waals surface area contributed by atoms with E-state index in [9.17, 15) is 4.39 Å². The quantitative estimate of drug-likeness (QED) is 0.330. The second kappa shape index (κ2) is 10.2. The van der Waals surface area contributed by atoms with E-state index in [1.54, 1.807) is 35.2 Å². The molecule has 23 heavy (non-hydrogen) atoms. The van der Waals surface area contributed by atoms with Gasteiger partial charge in [-0.05, 0) is 31.0 Å². The maximum atomic E-state index is 12.9. The summed E-state index contributed by atoms with van der Waals surface area (Å²) >= 11 is 3.45. The van der Waals surface area contributed by atoms with E-state index in [4.69, 9.17) is 0 Å². The van der Waals surface area contributed by atoms with Gasteiger partial charge in [0.25, 0.3) is 0 Å². The lowest BCUT2D eigenvalue weighted by atomic mass is 10.2. The molecule has 0 saturated carbocycles. The van der Waals surface area contributed by atoms with Gasteiger partial charge in [-0.2, -0.15) is 0 Å². The number of aliphatic imine (C=N–C) groups is 1. The highest BCUT2D eigenvalue weighted by atomic mass is 32.2. The van der Waals surface area contributed by atoms with E-state index < -0.39 is 0 Å². The van der Waals surface area contributed by atoms with Gasteiger partial charge in [0.2, 0.25) is 0 Å². The van der Waals surface area contributed by atoms with E-state index in [1.807, 2.05) is 18.5 Å². The van der Waals surface area contributed by atoms with Crippen molar-refractivity contribution in [2.75, 3.05) is 18.8 Å². The van der Waals surface area contributed by atoms with Gasteiger partial charge >= 0.3 is 0 Å². The molecule has 1 aromatic heterocycles. The zero-order valence-corrected chi connectivity index (χ0v) is 14.7. The van der Waals surface area contributed by atoms with Crippen LogP contribution in [0.15, 0.2) is 45.2 Å². The summed E-state index contributed by atoms with van der Waals surface area (Å²) < 4.78 is 14.0. The van der Waals surface area contributed by atoms with Crippen molar-refractivity contribution in [3.05, 3.63) is 47.2 Å². The summed E-state index contributed by atoms with van der Waals surface area (Å²) in [5.74, 6) is 1.59. The van der Waals surface area contributed by atoms with Crippen LogP contribution in [-0.4, -0.2) is 29.8 Å². The Morgan fingerprint density at radius 3 is 2.83 bits per heavy atom. The predicted octanol–water partition coefficient (Wildman–Crippen LogP) is 3.52. The normalized spacial score (nSPS) is 11.5. The molecule has 124 valence electrons. The topological polar surface area (TPSA) is 49.3 Å². The van der Waals surface area contributed by atoms with Gasteiger partial charge in [-0.25, -0.2) is 14.4 Å². The van der Waals surface area contributed by atoms with Crippen molar-refractivity contribution in [2.24, 2.45) is 4.99 Å². The molecule has 0 aliphatic heterocycles. The number of halogens is 1. The Balaban J connectivity index is 1.71. The van der Waals surface area contributed by atoms with Crippen LogP contribution in [0.25, 0.3) is 0 Å². The van der Waals surface area contributed by atoms with Gasteiger partial charge in [-0.15, -0.1) is 11.3 Å². The maximum Gasteiger partial charge on any atom is 0.191 e. The number of hydrogen-bond acceptors (Lipinski definition) is 4. The molecule has 0 fully saturated rings. The fourth-order valence-electron chi connectivity index (χ4n) is 1.82. The Bertz CT molecular complexity index is 585. The van der Waals surface area contributed by atoms with Crippen LogP contribution in [0, 0.1) is 5.82 Å². The van der Waals surface area contributed by atoms with Crippen molar-refractivity contribution >= 4 is 29.1 Å². The molecule has 0 amide bonds. The number of guanidine groups is 1. The minimum Gasteiger partial charge on any atom is -0.357 e. The smallest absolute Gasteiger partial charge is 0.191 e. The van der Waals surface area contributed by atoms with E-state index in [-0.39, 0.29) is 5.82 Å². The van der Waals surface area contributed by atoms with Crippen LogP contribution in [0.2, 0.25) is 0 Å². The van der Waals surface area contributed by atoms with Crippen LogP contribution in [-0.2, 0) is 6.54 Å². The molecular formula is C16H21FN4S2. The number of nitrogens with one attached hydrogen (secondary N) is 2. The van der Waals surface area contributed by atoms with Crippen LogP contribution in [0.1, 0.15) is 18.9 Å². The van der Waals surface area contributed by atoms with E-state index in [1.165, 1.54) is 12.1 Å². The Labute approximate surface area is 144 Å². The molecule has 0 aliphatic carbocycles. The lowest BCUT2D eigenvalue weighted by Gasteiger charge is -2.11. The van der Waals surface area contributed by atoms with Gasteiger partial charge in [-0.3, -0.25) is 0 Å². The number of thiazole rings is 1. The van der Waals surface area contributed by atoms with Gasteiger partial charge in [0.05, 0.1) is 6.54 Å². The van der Waals surface area contributed by atoms with E-state index in [0.29, 0.717) is 6.54 Å². The number of aromatic nitrogens is 1. The van der Waals surface area contributed by atoms with Crippen molar-refractivity contribution in [1.29, 1.82) is 0 Å². The van der Waals surface area contributed by atoms with Gasteiger partial charge in [0.1, 0.15) is 10.2 Å². The van der Waals surface area contributed by atoms with Crippen molar-refractivity contribution in [3.63, 3.8) is 0 Å². The molecule has 2 N–H and O–H groups in total. The van der Waals surface area contributed by atoms with Crippen molar-refractivity contribution < 1.29 is 4.39 Å². The summed E-state index contributed by atoms with van der Waals surface area (Å²) in [4.78, 5) is 8.76. The van der Waals surface area contributed by atoms with Crippen LogP contribution >= 0.6 is 23.1 Å². The summed E-state index contributed by atoms with van der Waals surface area (Å²) in [6.07, 6.45) is 2.86. The number of thioether (sulfide) groups is 1. The molecule has 2 rings (SSSR count). The Morgan fingerprint density at radius 1 is 1.30 bits per heavy atom. The van der Waals surface area contributed by atoms with Gasteiger partial charge in [0, 0.05) is 30.4 Å². The molecule has 0 radical (unpaired) electrons. The SMILES string of the molecule is CCNC(=NCc1ccc(F)cc1)NCCCSc1nccs1. The lowest BCUT2D eigenvalue weighted by Crippen LogP contribution is -2.37. The molecule has 2 aromatic rings. The van der Waals surface area contributed by atoms with Crippen molar-refractivity contribution in [1.82, 2.24) is 15.6 Å². The molecule has 0 aliphatic rings. The minimum atomic E-state index is -0.222. The van der Waals surface area contributed by atoms with Crippen molar-refractivity contribution in [2.45, 2.75) is 24.2 Å². The summed E-state index contributed by atoms with van der Waals surface area (Å²) in [7, 11) is 0. The molecule has 1 heterocycles. The summed E-state index contributed by atoms with van der Waals surface area (Å²) in [5.41, 5.74) is 0.989. The van der Waals surface area contributed by atoms with Crippen LogP contribution in [0.5, 0.6) is 0 Å². The molecule has 0 atom stereocenters. The zero-order chi connectivity index (χ0) is 16.3. The molecule has 0 saturated heterocycles. The molecule has 1 aromatic carbocycles. The first kappa shape index (κ1) is 17.7. The third-order valence-corrected chi connectivity index (χ3v) is 4.98. The van der Waals surface area contributed by atoms with Crippen molar-refractivity contribution in [3.8, 4) is 0 Å². The van der Waals surface area contributed by atoms with E-state index in [0.717, 1.165) is 41.1 Å². The summed E-state index contributed by atoms with van der Waals surface area (Å²) in [5, 5.41) is 8.53. The first-order valence-electron chi connectivity index (χ1n) is 7.57. The number of hydrogen-bond donors (Lipinski definition) is 2. The largest absolute Gasteiger partial charge is 0.357 e. The van der Waals surface area contributed by atoms with E-state index in [2.05, 4.69) is 20.6 Å². The minimum absolute atomic E-state index is 0.222. The third-order valence-electron chi connectivity index (χ3n) is 2.93.